The number of carbonyl (C=O) groups is 2. The molecule has 1 amide bonds. The van der Waals surface area contributed by atoms with Crippen molar-refractivity contribution in [3.63, 3.8) is 0 Å². The van der Waals surface area contributed by atoms with Crippen molar-refractivity contribution >= 4 is 12.1 Å². The highest BCUT2D eigenvalue weighted by molar-refractivity contribution is 5.86. The smallest absolute Gasteiger partial charge is 0.408 e. The van der Waals surface area contributed by atoms with Gasteiger partial charge in [0.2, 0.25) is 0 Å². The molecule has 0 aliphatic heterocycles. The van der Waals surface area contributed by atoms with Crippen LogP contribution in [0.25, 0.3) is 11.1 Å². The van der Waals surface area contributed by atoms with Crippen molar-refractivity contribution in [2.24, 2.45) is 0 Å². The molecule has 2 unspecified atom stereocenters. The van der Waals surface area contributed by atoms with Crippen LogP contribution in [0.2, 0.25) is 0 Å². The van der Waals surface area contributed by atoms with Crippen molar-refractivity contribution in [3.8, 4) is 16.9 Å². The summed E-state index contributed by atoms with van der Waals surface area (Å²) < 4.78 is 11.7. The number of fused-ring (bicyclic) bond motifs is 1. The number of rotatable bonds is 5. The minimum absolute atomic E-state index is 0.172. The molecule has 6 nitrogen and oxygen atoms in total. The number of aliphatic carboxylic acids is 1. The Kier molecular flexibility index (Phi) is 6.33. The molecular weight excluding hydrogens is 430 g/mol. The monoisotopic (exact) mass is 459 g/mol. The summed E-state index contributed by atoms with van der Waals surface area (Å²) in [4.78, 5) is 25.4. The van der Waals surface area contributed by atoms with Gasteiger partial charge in [-0.3, -0.25) is 0 Å². The third-order valence-corrected chi connectivity index (χ3v) is 5.89. The highest BCUT2D eigenvalue weighted by Crippen LogP contribution is 2.41. The van der Waals surface area contributed by atoms with Gasteiger partial charge in [0.05, 0.1) is 0 Å². The van der Waals surface area contributed by atoms with E-state index in [0.717, 1.165) is 22.3 Å². The second-order valence-electron chi connectivity index (χ2n) is 9.49. The number of alkyl carbamates (subject to hydrolysis) is 1. The van der Waals surface area contributed by atoms with Crippen LogP contribution in [0.1, 0.15) is 44.4 Å². The van der Waals surface area contributed by atoms with Crippen LogP contribution < -0.4 is 10.1 Å². The molecule has 4 rings (SSSR count). The van der Waals surface area contributed by atoms with Gasteiger partial charge >= 0.3 is 12.1 Å². The molecular formula is C28H29NO5. The van der Waals surface area contributed by atoms with E-state index in [1.165, 1.54) is 0 Å². The largest absolute Gasteiger partial charge is 0.483 e. The van der Waals surface area contributed by atoms with E-state index in [-0.39, 0.29) is 6.42 Å². The van der Waals surface area contributed by atoms with Crippen molar-refractivity contribution in [3.05, 3.63) is 90.0 Å². The predicted octanol–water partition coefficient (Wildman–Crippen LogP) is 5.77. The van der Waals surface area contributed by atoms with E-state index in [1.807, 2.05) is 78.9 Å². The Morgan fingerprint density at radius 3 is 2.18 bits per heavy atom. The van der Waals surface area contributed by atoms with Crippen LogP contribution in [0.5, 0.6) is 5.75 Å². The van der Waals surface area contributed by atoms with Crippen LogP contribution in [-0.4, -0.2) is 28.3 Å². The molecule has 2 N–H and O–H groups in total. The SMILES string of the molecule is CC(C)(C)OC(=O)NC1(C(=O)O)CCc2ccccc2C1Oc1ccc(-c2ccccc2)cc1. The Labute approximate surface area is 199 Å². The Bertz CT molecular complexity index is 1170. The molecule has 0 saturated heterocycles. The molecule has 0 radical (unpaired) electrons. The molecule has 2 atom stereocenters. The van der Waals surface area contributed by atoms with E-state index < -0.39 is 29.3 Å². The van der Waals surface area contributed by atoms with Crippen LogP contribution >= 0.6 is 0 Å². The van der Waals surface area contributed by atoms with Gasteiger partial charge in [-0.1, -0.05) is 66.7 Å². The topological polar surface area (TPSA) is 84.9 Å². The van der Waals surface area contributed by atoms with Gasteiger partial charge in [-0.15, -0.1) is 0 Å². The number of hydrogen-bond acceptors (Lipinski definition) is 4. The first kappa shape index (κ1) is 23.4. The van der Waals surface area contributed by atoms with Gasteiger partial charge in [0.25, 0.3) is 0 Å². The Morgan fingerprint density at radius 1 is 0.912 bits per heavy atom. The molecule has 0 heterocycles. The van der Waals surface area contributed by atoms with Gasteiger partial charge in [0.1, 0.15) is 11.4 Å². The highest BCUT2D eigenvalue weighted by atomic mass is 16.6. The Morgan fingerprint density at radius 2 is 1.53 bits per heavy atom. The number of carbonyl (C=O) groups excluding carboxylic acids is 1. The zero-order chi connectivity index (χ0) is 24.3. The summed E-state index contributed by atoms with van der Waals surface area (Å²) >= 11 is 0. The molecule has 1 aliphatic rings. The summed E-state index contributed by atoms with van der Waals surface area (Å²) in [6.45, 7) is 5.20. The summed E-state index contributed by atoms with van der Waals surface area (Å²) in [7, 11) is 0. The lowest BCUT2D eigenvalue weighted by Crippen LogP contribution is -2.62. The summed E-state index contributed by atoms with van der Waals surface area (Å²) in [6.07, 6.45) is -1.07. The number of ether oxygens (including phenoxy) is 2. The van der Waals surface area contributed by atoms with Gasteiger partial charge in [-0.05, 0) is 68.0 Å². The van der Waals surface area contributed by atoms with Gasteiger partial charge < -0.3 is 19.9 Å². The fourth-order valence-corrected chi connectivity index (χ4v) is 4.29. The average molecular weight is 460 g/mol. The highest BCUT2D eigenvalue weighted by Gasteiger charge is 2.53. The van der Waals surface area contributed by atoms with Crippen molar-refractivity contribution < 1.29 is 24.2 Å². The average Bonchev–Trinajstić information content (AvgIpc) is 2.80. The maximum atomic E-state index is 12.7. The molecule has 0 saturated carbocycles. The Balaban J connectivity index is 1.69. The third-order valence-electron chi connectivity index (χ3n) is 5.89. The van der Waals surface area contributed by atoms with Crippen molar-refractivity contribution in [2.45, 2.75) is 50.9 Å². The number of nitrogens with one attached hydrogen (secondary N) is 1. The van der Waals surface area contributed by atoms with E-state index in [9.17, 15) is 14.7 Å². The van der Waals surface area contributed by atoms with Crippen LogP contribution in [0.3, 0.4) is 0 Å². The Hall–Kier alpha value is -3.80. The minimum atomic E-state index is -1.69. The van der Waals surface area contributed by atoms with Crippen molar-refractivity contribution in [2.75, 3.05) is 0 Å². The van der Waals surface area contributed by atoms with E-state index in [2.05, 4.69) is 5.32 Å². The maximum absolute atomic E-state index is 12.7. The fraction of sp³-hybridized carbons (Fsp3) is 0.286. The summed E-state index contributed by atoms with van der Waals surface area (Å²) in [5.74, 6) is -0.656. The molecule has 0 fully saturated rings. The predicted molar refractivity (Wildman–Crippen MR) is 130 cm³/mol. The molecule has 0 aromatic heterocycles. The first-order chi connectivity index (χ1) is 16.2. The molecule has 3 aromatic rings. The van der Waals surface area contributed by atoms with Crippen LogP contribution in [0, 0.1) is 0 Å². The van der Waals surface area contributed by atoms with E-state index >= 15 is 0 Å². The van der Waals surface area contributed by atoms with Crippen LogP contribution in [0.15, 0.2) is 78.9 Å². The summed E-state index contributed by atoms with van der Waals surface area (Å²) in [6, 6.07) is 25.0. The van der Waals surface area contributed by atoms with Crippen molar-refractivity contribution in [1.82, 2.24) is 5.32 Å². The fourth-order valence-electron chi connectivity index (χ4n) is 4.29. The first-order valence-corrected chi connectivity index (χ1v) is 11.3. The number of aryl methyl sites for hydroxylation is 1. The van der Waals surface area contributed by atoms with Crippen molar-refractivity contribution in [1.29, 1.82) is 0 Å². The van der Waals surface area contributed by atoms with Crippen LogP contribution in [0.4, 0.5) is 4.79 Å². The quantitative estimate of drug-likeness (QED) is 0.506. The number of benzene rings is 3. The molecule has 176 valence electrons. The number of hydrogen-bond donors (Lipinski definition) is 2. The molecule has 0 bridgehead atoms. The lowest BCUT2D eigenvalue weighted by atomic mass is 9.75. The summed E-state index contributed by atoms with van der Waals surface area (Å²) in [5.41, 5.74) is 1.38. The standard InChI is InChI=1S/C28H29NO5/c1-27(2,3)34-26(32)29-28(25(30)31)18-17-21-11-7-8-12-23(21)24(28)33-22-15-13-20(14-16-22)19-9-5-4-6-10-19/h4-16,24H,17-18H2,1-3H3,(H,29,32)(H,30,31). The van der Waals surface area contributed by atoms with E-state index in [1.54, 1.807) is 20.8 Å². The number of amides is 1. The lowest BCUT2D eigenvalue weighted by molar-refractivity contribution is -0.150. The second kappa shape index (κ2) is 9.21. The summed E-state index contributed by atoms with van der Waals surface area (Å²) in [5, 5.41) is 13.0. The molecule has 34 heavy (non-hydrogen) atoms. The zero-order valence-electron chi connectivity index (χ0n) is 19.6. The van der Waals surface area contributed by atoms with Gasteiger partial charge in [-0.2, -0.15) is 0 Å². The molecule has 3 aromatic carbocycles. The second-order valence-corrected chi connectivity index (χ2v) is 9.49. The molecule has 6 heteroatoms. The van der Waals surface area contributed by atoms with Gasteiger partial charge in [0.15, 0.2) is 11.6 Å². The van der Waals surface area contributed by atoms with Crippen LogP contribution in [-0.2, 0) is 16.0 Å². The molecule has 1 aliphatic carbocycles. The number of carboxylic acids is 1. The lowest BCUT2D eigenvalue weighted by Gasteiger charge is -2.42. The van der Waals surface area contributed by atoms with Gasteiger partial charge in [0, 0.05) is 0 Å². The maximum Gasteiger partial charge on any atom is 0.408 e. The third kappa shape index (κ3) is 4.91. The minimum Gasteiger partial charge on any atom is -0.483 e. The number of carboxylic acid groups (broad SMARTS) is 1. The van der Waals surface area contributed by atoms with E-state index in [4.69, 9.17) is 9.47 Å². The van der Waals surface area contributed by atoms with E-state index in [0.29, 0.717) is 12.2 Å². The normalized spacial score (nSPS) is 19.6. The first-order valence-electron chi connectivity index (χ1n) is 11.3. The van der Waals surface area contributed by atoms with Gasteiger partial charge in [-0.25, -0.2) is 9.59 Å². The zero-order valence-corrected chi connectivity index (χ0v) is 19.6. The molecule has 0 spiro atoms.